The molecule has 0 N–H and O–H groups in total. The Balaban J connectivity index is 2.08. The number of carbonyl (C=O) groups excluding carboxylic acids is 3. The second-order valence-electron chi connectivity index (χ2n) is 7.70. The van der Waals surface area contributed by atoms with Crippen molar-refractivity contribution >= 4 is 35.1 Å². The summed E-state index contributed by atoms with van der Waals surface area (Å²) >= 11 is 6.04. The van der Waals surface area contributed by atoms with Crippen molar-refractivity contribution in [2.24, 2.45) is 5.11 Å². The average molecular weight is 507 g/mol. The van der Waals surface area contributed by atoms with Gasteiger partial charge in [-0.2, -0.15) is 0 Å². The Morgan fingerprint density at radius 2 is 1.67 bits per heavy atom. The molecule has 0 saturated carbocycles. The van der Waals surface area contributed by atoms with E-state index < -0.39 is 23.9 Å². The molecule has 0 aliphatic heterocycles. The predicted octanol–water partition coefficient (Wildman–Crippen LogP) is 5.50. The van der Waals surface area contributed by atoms with E-state index in [9.17, 15) is 14.4 Å². The summed E-state index contributed by atoms with van der Waals surface area (Å²) in [6, 6.07) is 19.0. The molecular weight excluding hydrogens is 484 g/mol. The number of benzene rings is 3. The van der Waals surface area contributed by atoms with Crippen molar-refractivity contribution in [1.82, 2.24) is 4.90 Å². The third-order valence-corrected chi connectivity index (χ3v) is 5.69. The fraction of sp³-hybridized carbons (Fsp3) is 0.192. The zero-order chi connectivity index (χ0) is 26.1. The van der Waals surface area contributed by atoms with Crippen LogP contribution in [0.3, 0.4) is 0 Å². The number of ether oxygens (including phenoxy) is 2. The summed E-state index contributed by atoms with van der Waals surface area (Å²) in [6.07, 6.45) is 0.184. The lowest BCUT2D eigenvalue weighted by atomic mass is 10.0. The molecule has 0 bridgehead atoms. The molecule has 9 nitrogen and oxygen atoms in total. The van der Waals surface area contributed by atoms with Crippen molar-refractivity contribution in [2.45, 2.75) is 19.0 Å². The van der Waals surface area contributed by atoms with Gasteiger partial charge < -0.3 is 14.4 Å². The van der Waals surface area contributed by atoms with Gasteiger partial charge in [0.25, 0.3) is 5.91 Å². The summed E-state index contributed by atoms with van der Waals surface area (Å²) in [4.78, 5) is 42.8. The number of hydrogen-bond acceptors (Lipinski definition) is 6. The minimum Gasteiger partial charge on any atom is -0.467 e. The van der Waals surface area contributed by atoms with Gasteiger partial charge in [-0.05, 0) is 47.0 Å². The van der Waals surface area contributed by atoms with Crippen LogP contribution in [0.25, 0.3) is 10.4 Å². The summed E-state index contributed by atoms with van der Waals surface area (Å²) in [5.41, 5.74) is 10.9. The van der Waals surface area contributed by atoms with Crippen LogP contribution in [0.15, 0.2) is 77.9 Å². The Morgan fingerprint density at radius 3 is 2.28 bits per heavy atom. The Morgan fingerprint density at radius 1 is 0.972 bits per heavy atom. The monoisotopic (exact) mass is 506 g/mol. The standard InChI is InChI=1S/C26H23ClN4O5/c1-35-25(33)19-10-8-18(9-11-19)16-31(23(26(34)36-2)14-17-6-4-3-5-7-17)24(32)21-13-12-20(27)15-22(21)29-30-28/h3-13,15,23H,14,16H2,1-2H3/t23-/m1/s1. The Bertz CT molecular complexity index is 1290. The molecule has 0 fully saturated rings. The van der Waals surface area contributed by atoms with E-state index in [1.54, 1.807) is 24.3 Å². The highest BCUT2D eigenvalue weighted by Crippen LogP contribution is 2.28. The van der Waals surface area contributed by atoms with Crippen LogP contribution < -0.4 is 0 Å². The summed E-state index contributed by atoms with van der Waals surface area (Å²) in [5.74, 6) is -1.67. The highest BCUT2D eigenvalue weighted by Gasteiger charge is 2.32. The number of esters is 2. The second-order valence-corrected chi connectivity index (χ2v) is 8.14. The molecule has 1 atom stereocenters. The highest BCUT2D eigenvalue weighted by atomic mass is 35.5. The van der Waals surface area contributed by atoms with E-state index in [-0.39, 0.29) is 29.2 Å². The highest BCUT2D eigenvalue weighted by molar-refractivity contribution is 6.31. The van der Waals surface area contributed by atoms with Crippen molar-refractivity contribution in [1.29, 1.82) is 0 Å². The van der Waals surface area contributed by atoms with Crippen LogP contribution in [-0.4, -0.2) is 43.0 Å². The molecule has 1 amide bonds. The zero-order valence-corrected chi connectivity index (χ0v) is 20.4. The maximum absolute atomic E-state index is 13.8. The van der Waals surface area contributed by atoms with E-state index in [1.165, 1.54) is 37.3 Å². The molecule has 3 aromatic carbocycles. The van der Waals surface area contributed by atoms with E-state index in [4.69, 9.17) is 26.6 Å². The zero-order valence-electron chi connectivity index (χ0n) is 19.6. The van der Waals surface area contributed by atoms with Gasteiger partial charge in [0, 0.05) is 28.5 Å². The molecule has 0 aliphatic carbocycles. The van der Waals surface area contributed by atoms with Crippen LogP contribution in [0.5, 0.6) is 0 Å². The summed E-state index contributed by atoms with van der Waals surface area (Å²) < 4.78 is 9.79. The molecule has 36 heavy (non-hydrogen) atoms. The van der Waals surface area contributed by atoms with Crippen LogP contribution in [0.1, 0.15) is 31.8 Å². The molecule has 0 heterocycles. The van der Waals surface area contributed by atoms with Gasteiger partial charge >= 0.3 is 11.9 Å². The minimum absolute atomic E-state index is 0.00518. The maximum atomic E-state index is 13.8. The first-order valence-electron chi connectivity index (χ1n) is 10.8. The fourth-order valence-electron chi connectivity index (χ4n) is 3.65. The first-order chi connectivity index (χ1) is 17.4. The van der Waals surface area contributed by atoms with E-state index in [2.05, 4.69) is 10.0 Å². The largest absolute Gasteiger partial charge is 0.467 e. The van der Waals surface area contributed by atoms with Gasteiger partial charge in [0.1, 0.15) is 6.04 Å². The lowest BCUT2D eigenvalue weighted by Crippen LogP contribution is -2.46. The molecular formula is C26H23ClN4O5. The van der Waals surface area contributed by atoms with Gasteiger partial charge in [0.15, 0.2) is 0 Å². The maximum Gasteiger partial charge on any atom is 0.337 e. The fourth-order valence-corrected chi connectivity index (χ4v) is 3.82. The topological polar surface area (TPSA) is 122 Å². The Kier molecular flexibility index (Phi) is 9.05. The normalized spacial score (nSPS) is 11.1. The van der Waals surface area contributed by atoms with E-state index in [0.29, 0.717) is 11.1 Å². The van der Waals surface area contributed by atoms with Crippen molar-refractivity contribution in [3.05, 3.63) is 111 Å². The predicted molar refractivity (Wildman–Crippen MR) is 134 cm³/mol. The number of carbonyl (C=O) groups is 3. The Hall–Kier alpha value is -4.33. The van der Waals surface area contributed by atoms with Crippen molar-refractivity contribution in [3.8, 4) is 0 Å². The number of nitrogens with zero attached hydrogens (tertiary/aromatic N) is 4. The van der Waals surface area contributed by atoms with Crippen LogP contribution in [0.4, 0.5) is 5.69 Å². The molecule has 0 saturated heterocycles. The van der Waals surface area contributed by atoms with E-state index in [0.717, 1.165) is 5.56 Å². The third kappa shape index (κ3) is 6.41. The van der Waals surface area contributed by atoms with Crippen LogP contribution in [0.2, 0.25) is 5.02 Å². The minimum atomic E-state index is -1.00. The number of amides is 1. The van der Waals surface area contributed by atoms with Crippen molar-refractivity contribution < 1.29 is 23.9 Å². The van der Waals surface area contributed by atoms with Crippen LogP contribution in [0, 0.1) is 0 Å². The molecule has 3 rings (SSSR count). The van der Waals surface area contributed by atoms with Gasteiger partial charge in [-0.1, -0.05) is 59.2 Å². The third-order valence-electron chi connectivity index (χ3n) is 5.45. The average Bonchev–Trinajstić information content (AvgIpc) is 2.90. The van der Waals surface area contributed by atoms with Crippen molar-refractivity contribution in [3.63, 3.8) is 0 Å². The van der Waals surface area contributed by atoms with Gasteiger partial charge in [0.05, 0.1) is 25.5 Å². The number of methoxy groups -OCH3 is 2. The number of rotatable bonds is 9. The molecule has 0 spiro atoms. The number of azide groups is 1. The molecule has 10 heteroatoms. The smallest absolute Gasteiger partial charge is 0.337 e. The molecule has 0 aromatic heterocycles. The number of halogens is 1. The number of hydrogen-bond donors (Lipinski definition) is 0. The van der Waals surface area contributed by atoms with Gasteiger partial charge in [-0.25, -0.2) is 9.59 Å². The Labute approximate surface area is 212 Å². The van der Waals surface area contributed by atoms with E-state index in [1.807, 2.05) is 30.3 Å². The summed E-state index contributed by atoms with van der Waals surface area (Å²) in [5, 5.41) is 3.89. The lowest BCUT2D eigenvalue weighted by molar-refractivity contribution is -0.146. The first kappa shape index (κ1) is 26.3. The molecule has 0 unspecified atom stereocenters. The van der Waals surface area contributed by atoms with Crippen LogP contribution >= 0.6 is 11.6 Å². The summed E-state index contributed by atoms with van der Waals surface area (Å²) in [6.45, 7) is 0.00518. The van der Waals surface area contributed by atoms with Crippen molar-refractivity contribution in [2.75, 3.05) is 14.2 Å². The lowest BCUT2D eigenvalue weighted by Gasteiger charge is -2.31. The molecule has 0 aliphatic rings. The van der Waals surface area contributed by atoms with E-state index >= 15 is 0 Å². The molecule has 0 radical (unpaired) electrons. The van der Waals surface area contributed by atoms with Gasteiger partial charge in [0.2, 0.25) is 0 Å². The van der Waals surface area contributed by atoms with Crippen LogP contribution in [-0.2, 0) is 27.2 Å². The quantitative estimate of drug-likeness (QED) is 0.164. The first-order valence-corrected chi connectivity index (χ1v) is 11.2. The second kappa shape index (κ2) is 12.4. The molecule has 184 valence electrons. The molecule has 3 aromatic rings. The SMILES string of the molecule is COC(=O)c1ccc(CN(C(=O)c2ccc(Cl)cc2N=[N+]=[N-])[C@H](Cc2ccccc2)C(=O)OC)cc1. The van der Waals surface area contributed by atoms with Gasteiger partial charge in [-0.3, -0.25) is 4.79 Å². The summed E-state index contributed by atoms with van der Waals surface area (Å²) in [7, 11) is 2.54. The van der Waals surface area contributed by atoms with Gasteiger partial charge in [-0.15, -0.1) is 0 Å².